The molecule has 0 atom stereocenters. The van der Waals surface area contributed by atoms with Crippen molar-refractivity contribution in [2.75, 3.05) is 0 Å². The molecule has 0 aliphatic carbocycles. The van der Waals surface area contributed by atoms with E-state index in [4.69, 9.17) is 4.42 Å². The van der Waals surface area contributed by atoms with Crippen molar-refractivity contribution in [2.24, 2.45) is 0 Å². The summed E-state index contributed by atoms with van der Waals surface area (Å²) in [4.78, 5) is 15.0. The van der Waals surface area contributed by atoms with Gasteiger partial charge in [-0.25, -0.2) is 4.98 Å². The van der Waals surface area contributed by atoms with Crippen molar-refractivity contribution in [3.63, 3.8) is 0 Å². The van der Waals surface area contributed by atoms with Crippen LogP contribution in [0.1, 0.15) is 10.8 Å². The number of thiophene rings is 1. The maximum Gasteiger partial charge on any atom is 0.324 e. The first-order chi connectivity index (χ1) is 10.2. The van der Waals surface area contributed by atoms with Crippen molar-refractivity contribution in [1.29, 1.82) is 5.26 Å². The fourth-order valence-electron chi connectivity index (χ4n) is 1.79. The Labute approximate surface area is 122 Å². The standard InChI is InChI=1S/C14H7N3O3S/c15-8-9(7-10-5-6-13(21-10)17(18)19)14-16-11-3-1-2-4-12(11)20-14/h1-7H/b9-7+. The molecule has 7 heteroatoms. The Morgan fingerprint density at radius 1 is 1.38 bits per heavy atom. The first-order valence-electron chi connectivity index (χ1n) is 5.89. The summed E-state index contributed by atoms with van der Waals surface area (Å²) in [6.45, 7) is 0. The van der Waals surface area contributed by atoms with Gasteiger partial charge in [-0.2, -0.15) is 5.26 Å². The Hall–Kier alpha value is -2.98. The van der Waals surface area contributed by atoms with Crippen LogP contribution in [0.4, 0.5) is 5.00 Å². The van der Waals surface area contributed by atoms with E-state index in [2.05, 4.69) is 4.98 Å². The van der Waals surface area contributed by atoms with Crippen LogP contribution in [0.5, 0.6) is 0 Å². The highest BCUT2D eigenvalue weighted by atomic mass is 32.1. The van der Waals surface area contributed by atoms with Gasteiger partial charge < -0.3 is 4.42 Å². The van der Waals surface area contributed by atoms with Crippen molar-refractivity contribution < 1.29 is 9.34 Å². The monoisotopic (exact) mass is 297 g/mol. The summed E-state index contributed by atoms with van der Waals surface area (Å²) in [6, 6.07) is 12.2. The lowest BCUT2D eigenvalue weighted by atomic mass is 10.2. The minimum atomic E-state index is -0.465. The second kappa shape index (κ2) is 5.19. The van der Waals surface area contributed by atoms with Crippen LogP contribution in [0.15, 0.2) is 40.8 Å². The van der Waals surface area contributed by atoms with Gasteiger partial charge in [0, 0.05) is 10.9 Å². The molecule has 0 N–H and O–H groups in total. The third-order valence-electron chi connectivity index (χ3n) is 2.72. The molecule has 0 aliphatic heterocycles. The van der Waals surface area contributed by atoms with E-state index in [1.165, 1.54) is 12.1 Å². The summed E-state index contributed by atoms with van der Waals surface area (Å²) in [5, 5.41) is 19.9. The smallest absolute Gasteiger partial charge is 0.324 e. The van der Waals surface area contributed by atoms with Crippen molar-refractivity contribution in [1.82, 2.24) is 4.98 Å². The number of hydrogen-bond acceptors (Lipinski definition) is 6. The van der Waals surface area contributed by atoms with Crippen LogP contribution in [0.3, 0.4) is 0 Å². The van der Waals surface area contributed by atoms with Gasteiger partial charge in [0.25, 0.3) is 0 Å². The van der Waals surface area contributed by atoms with E-state index in [1.54, 1.807) is 18.2 Å². The number of allylic oxidation sites excluding steroid dienone is 1. The fourth-order valence-corrected chi connectivity index (χ4v) is 2.55. The lowest BCUT2D eigenvalue weighted by Crippen LogP contribution is -1.81. The van der Waals surface area contributed by atoms with Crippen molar-refractivity contribution in [3.8, 4) is 6.07 Å². The van der Waals surface area contributed by atoms with E-state index in [9.17, 15) is 15.4 Å². The van der Waals surface area contributed by atoms with E-state index in [1.807, 2.05) is 18.2 Å². The van der Waals surface area contributed by atoms with Crippen LogP contribution < -0.4 is 0 Å². The summed E-state index contributed by atoms with van der Waals surface area (Å²) < 4.78 is 5.52. The summed E-state index contributed by atoms with van der Waals surface area (Å²) in [6.07, 6.45) is 1.53. The Bertz CT molecular complexity index is 868. The molecule has 0 spiro atoms. The van der Waals surface area contributed by atoms with E-state index >= 15 is 0 Å². The molecule has 21 heavy (non-hydrogen) atoms. The van der Waals surface area contributed by atoms with Gasteiger partial charge in [-0.3, -0.25) is 10.1 Å². The molecule has 1 aromatic carbocycles. The molecule has 0 unspecified atom stereocenters. The third kappa shape index (κ3) is 2.52. The van der Waals surface area contributed by atoms with Crippen molar-refractivity contribution >= 4 is 39.1 Å². The highest BCUT2D eigenvalue weighted by molar-refractivity contribution is 7.16. The third-order valence-corrected chi connectivity index (χ3v) is 3.71. The van der Waals surface area contributed by atoms with Crippen LogP contribution in [0.25, 0.3) is 22.7 Å². The molecular formula is C14H7N3O3S. The number of rotatable bonds is 3. The Morgan fingerprint density at radius 3 is 2.86 bits per heavy atom. The SMILES string of the molecule is N#C/C(=C\c1ccc([N+](=O)[O-])s1)c1nc2ccccc2o1. The molecule has 0 saturated heterocycles. The van der Waals surface area contributed by atoms with Crippen molar-refractivity contribution in [2.45, 2.75) is 0 Å². The summed E-state index contributed by atoms with van der Waals surface area (Å²) in [7, 11) is 0. The van der Waals surface area contributed by atoms with E-state index in [0.29, 0.717) is 16.0 Å². The number of para-hydroxylation sites is 2. The molecular weight excluding hydrogens is 290 g/mol. The largest absolute Gasteiger partial charge is 0.435 e. The number of oxazole rings is 1. The highest BCUT2D eigenvalue weighted by Gasteiger charge is 2.13. The molecule has 0 bridgehead atoms. The molecule has 0 radical (unpaired) electrons. The normalized spacial score (nSPS) is 11.5. The molecule has 0 saturated carbocycles. The van der Waals surface area contributed by atoms with Gasteiger partial charge in [0.05, 0.1) is 4.92 Å². The molecule has 0 fully saturated rings. The lowest BCUT2D eigenvalue weighted by Gasteiger charge is -1.89. The minimum Gasteiger partial charge on any atom is -0.435 e. The van der Waals surface area contributed by atoms with Gasteiger partial charge >= 0.3 is 5.00 Å². The zero-order valence-corrected chi connectivity index (χ0v) is 11.3. The van der Waals surface area contributed by atoms with Gasteiger partial charge in [-0.1, -0.05) is 23.5 Å². The quantitative estimate of drug-likeness (QED) is 0.415. The maximum absolute atomic E-state index is 10.7. The number of aromatic nitrogens is 1. The van der Waals surface area contributed by atoms with E-state index < -0.39 is 4.92 Å². The molecule has 2 aromatic heterocycles. The van der Waals surface area contributed by atoms with Gasteiger partial charge in [0.15, 0.2) is 5.58 Å². The number of benzene rings is 1. The van der Waals surface area contributed by atoms with Gasteiger partial charge in [0.1, 0.15) is 17.2 Å². The van der Waals surface area contributed by atoms with Crippen molar-refractivity contribution in [3.05, 3.63) is 57.3 Å². The molecule has 0 amide bonds. The number of nitrogens with zero attached hydrogens (tertiary/aromatic N) is 3. The molecule has 102 valence electrons. The summed E-state index contributed by atoms with van der Waals surface area (Å²) >= 11 is 0.990. The average molecular weight is 297 g/mol. The van der Waals surface area contributed by atoms with Crippen LogP contribution in [-0.4, -0.2) is 9.91 Å². The Morgan fingerprint density at radius 2 is 2.19 bits per heavy atom. The van der Waals surface area contributed by atoms with Crippen LogP contribution in [-0.2, 0) is 0 Å². The molecule has 0 aliphatic rings. The lowest BCUT2D eigenvalue weighted by molar-refractivity contribution is -0.380. The molecule has 2 heterocycles. The minimum absolute atomic E-state index is 0.0242. The van der Waals surface area contributed by atoms with Gasteiger partial charge in [-0.15, -0.1) is 0 Å². The first-order valence-corrected chi connectivity index (χ1v) is 6.71. The predicted octanol–water partition coefficient (Wildman–Crippen LogP) is 3.86. The first kappa shape index (κ1) is 13.0. The summed E-state index contributed by atoms with van der Waals surface area (Å²) in [5.74, 6) is 0.203. The summed E-state index contributed by atoms with van der Waals surface area (Å²) in [5.41, 5.74) is 1.47. The highest BCUT2D eigenvalue weighted by Crippen LogP contribution is 2.28. The molecule has 3 aromatic rings. The van der Waals surface area contributed by atoms with Crippen LogP contribution in [0.2, 0.25) is 0 Å². The zero-order valence-electron chi connectivity index (χ0n) is 10.5. The molecule has 6 nitrogen and oxygen atoms in total. The van der Waals surface area contributed by atoms with Gasteiger partial charge in [-0.05, 0) is 24.3 Å². The Kier molecular flexibility index (Phi) is 3.22. The van der Waals surface area contributed by atoms with Crippen LogP contribution in [0, 0.1) is 21.4 Å². The second-order valence-electron chi connectivity index (χ2n) is 4.09. The average Bonchev–Trinajstić information content (AvgIpc) is 3.11. The number of hydrogen-bond donors (Lipinski definition) is 0. The predicted molar refractivity (Wildman–Crippen MR) is 78.5 cm³/mol. The molecule has 3 rings (SSSR count). The number of nitro groups is 1. The zero-order chi connectivity index (χ0) is 14.8. The van der Waals surface area contributed by atoms with Gasteiger partial charge in [0.2, 0.25) is 5.89 Å². The number of fused-ring (bicyclic) bond motifs is 1. The topological polar surface area (TPSA) is 93.0 Å². The van der Waals surface area contributed by atoms with Crippen LogP contribution >= 0.6 is 11.3 Å². The maximum atomic E-state index is 10.7. The van der Waals surface area contributed by atoms with E-state index in [-0.39, 0.29) is 16.5 Å². The van der Waals surface area contributed by atoms with E-state index in [0.717, 1.165) is 11.3 Å². The number of nitriles is 1. The Balaban J connectivity index is 2.02. The second-order valence-corrected chi connectivity index (χ2v) is 5.18. The fraction of sp³-hybridized carbons (Fsp3) is 0.